The van der Waals surface area contributed by atoms with Gasteiger partial charge in [0.05, 0.1) is 30.0 Å². The number of hydrogen-bond acceptors (Lipinski definition) is 4. The molecule has 0 fully saturated rings. The Morgan fingerprint density at radius 2 is 2.00 bits per heavy atom. The molecule has 1 aromatic carbocycles. The van der Waals surface area contributed by atoms with Crippen LogP contribution < -0.4 is 5.32 Å². The monoisotopic (exact) mass is 267 g/mol. The first-order chi connectivity index (χ1) is 9.70. The van der Waals surface area contributed by atoms with Gasteiger partial charge in [-0.15, -0.1) is 0 Å². The number of anilines is 1. The highest BCUT2D eigenvalue weighted by Gasteiger charge is 2.06. The maximum atomic E-state index is 4.56. The highest BCUT2D eigenvalue weighted by atomic mass is 15.3. The molecule has 0 saturated carbocycles. The molecule has 0 radical (unpaired) electrons. The van der Waals surface area contributed by atoms with Gasteiger partial charge in [-0.25, -0.2) is 4.98 Å². The van der Waals surface area contributed by atoms with Gasteiger partial charge in [0, 0.05) is 12.2 Å². The third-order valence-corrected chi connectivity index (χ3v) is 3.07. The van der Waals surface area contributed by atoms with Gasteiger partial charge in [0.15, 0.2) is 0 Å². The Kier molecular flexibility index (Phi) is 3.33. The van der Waals surface area contributed by atoms with Gasteiger partial charge in [-0.3, -0.25) is 9.67 Å². The molecule has 2 heterocycles. The van der Waals surface area contributed by atoms with E-state index in [1.54, 1.807) is 6.20 Å². The molecular weight excluding hydrogens is 250 g/mol. The number of fused-ring (bicyclic) bond motifs is 1. The molecule has 0 saturated heterocycles. The SMILES string of the molecule is Cc1cnn(C[C@@H](C)Nc2cnc3ccccc3n2)c1. The van der Waals surface area contributed by atoms with Crippen LogP contribution in [0.15, 0.2) is 42.9 Å². The van der Waals surface area contributed by atoms with E-state index in [1.807, 2.05) is 48.3 Å². The molecular formula is C15H17N5. The lowest BCUT2D eigenvalue weighted by Crippen LogP contribution is -2.22. The third-order valence-electron chi connectivity index (χ3n) is 3.07. The van der Waals surface area contributed by atoms with Crippen LogP contribution in [0.5, 0.6) is 0 Å². The summed E-state index contributed by atoms with van der Waals surface area (Å²) in [6.45, 7) is 4.94. The maximum Gasteiger partial charge on any atom is 0.145 e. The normalized spacial score (nSPS) is 12.5. The number of para-hydroxylation sites is 2. The largest absolute Gasteiger partial charge is 0.364 e. The van der Waals surface area contributed by atoms with Gasteiger partial charge in [-0.1, -0.05) is 12.1 Å². The van der Waals surface area contributed by atoms with Crippen LogP contribution in [0.1, 0.15) is 12.5 Å². The second-order valence-corrected chi connectivity index (χ2v) is 5.03. The molecule has 0 bridgehead atoms. The quantitative estimate of drug-likeness (QED) is 0.789. The van der Waals surface area contributed by atoms with Crippen molar-refractivity contribution in [1.82, 2.24) is 19.7 Å². The Morgan fingerprint density at radius 3 is 2.75 bits per heavy atom. The first-order valence-corrected chi connectivity index (χ1v) is 6.68. The molecule has 0 aliphatic heterocycles. The van der Waals surface area contributed by atoms with Crippen molar-refractivity contribution in [3.8, 4) is 0 Å². The van der Waals surface area contributed by atoms with Crippen molar-refractivity contribution in [2.24, 2.45) is 0 Å². The summed E-state index contributed by atoms with van der Waals surface area (Å²) in [5.74, 6) is 0.792. The maximum absolute atomic E-state index is 4.56. The lowest BCUT2D eigenvalue weighted by Gasteiger charge is -2.14. The van der Waals surface area contributed by atoms with Crippen molar-refractivity contribution >= 4 is 16.9 Å². The highest BCUT2D eigenvalue weighted by Crippen LogP contribution is 2.12. The van der Waals surface area contributed by atoms with E-state index in [1.165, 1.54) is 5.56 Å². The smallest absolute Gasteiger partial charge is 0.145 e. The molecule has 0 aliphatic carbocycles. The molecule has 102 valence electrons. The van der Waals surface area contributed by atoms with E-state index in [0.717, 1.165) is 23.4 Å². The van der Waals surface area contributed by atoms with Gasteiger partial charge in [0.2, 0.25) is 0 Å². The van der Waals surface area contributed by atoms with Gasteiger partial charge in [0.1, 0.15) is 5.82 Å². The lowest BCUT2D eigenvalue weighted by molar-refractivity contribution is 0.559. The van der Waals surface area contributed by atoms with Crippen LogP contribution >= 0.6 is 0 Å². The molecule has 5 heteroatoms. The fraction of sp³-hybridized carbons (Fsp3) is 0.267. The summed E-state index contributed by atoms with van der Waals surface area (Å²) in [5, 5.41) is 7.65. The predicted octanol–water partition coefficient (Wildman–Crippen LogP) is 2.64. The molecule has 0 spiro atoms. The van der Waals surface area contributed by atoms with Crippen LogP contribution in [0.4, 0.5) is 5.82 Å². The summed E-state index contributed by atoms with van der Waals surface area (Å²) in [6.07, 6.45) is 5.67. The van der Waals surface area contributed by atoms with Gasteiger partial charge in [-0.05, 0) is 31.5 Å². The Hall–Kier alpha value is -2.43. The number of hydrogen-bond donors (Lipinski definition) is 1. The van der Waals surface area contributed by atoms with Crippen molar-refractivity contribution in [3.63, 3.8) is 0 Å². The average Bonchev–Trinajstić information content (AvgIpc) is 2.83. The molecule has 20 heavy (non-hydrogen) atoms. The second kappa shape index (κ2) is 5.28. The molecule has 0 aliphatic rings. The molecule has 2 aromatic heterocycles. The van der Waals surface area contributed by atoms with Crippen LogP contribution in [0.25, 0.3) is 11.0 Å². The standard InChI is InChI=1S/C15H17N5/c1-11-7-17-20(9-11)10-12(2)18-15-8-16-13-5-3-4-6-14(13)19-15/h3-9,12H,10H2,1-2H3,(H,18,19)/t12-/m1/s1. The van der Waals surface area contributed by atoms with Crippen LogP contribution in [0.2, 0.25) is 0 Å². The van der Waals surface area contributed by atoms with Crippen molar-refractivity contribution in [3.05, 3.63) is 48.4 Å². The Balaban J connectivity index is 1.72. The molecule has 5 nitrogen and oxygen atoms in total. The summed E-state index contributed by atoms with van der Waals surface area (Å²) in [7, 11) is 0. The average molecular weight is 267 g/mol. The summed E-state index contributed by atoms with van der Waals surface area (Å²) in [4.78, 5) is 8.96. The first kappa shape index (κ1) is 12.6. The zero-order chi connectivity index (χ0) is 13.9. The fourth-order valence-electron chi connectivity index (χ4n) is 2.17. The number of nitrogens with one attached hydrogen (secondary N) is 1. The molecule has 0 unspecified atom stereocenters. The summed E-state index contributed by atoms with van der Waals surface area (Å²) >= 11 is 0. The minimum absolute atomic E-state index is 0.227. The number of benzene rings is 1. The van der Waals surface area contributed by atoms with E-state index < -0.39 is 0 Å². The van der Waals surface area contributed by atoms with Crippen LogP contribution in [0.3, 0.4) is 0 Å². The minimum Gasteiger partial charge on any atom is -0.364 e. The van der Waals surface area contributed by atoms with Gasteiger partial charge in [0.25, 0.3) is 0 Å². The molecule has 3 aromatic rings. The Labute approximate surface area is 117 Å². The Morgan fingerprint density at radius 1 is 1.20 bits per heavy atom. The van der Waals surface area contributed by atoms with Crippen LogP contribution in [0, 0.1) is 6.92 Å². The minimum atomic E-state index is 0.227. The summed E-state index contributed by atoms with van der Waals surface area (Å²) in [6, 6.07) is 8.09. The van der Waals surface area contributed by atoms with Crippen molar-refractivity contribution in [2.45, 2.75) is 26.4 Å². The van der Waals surface area contributed by atoms with Gasteiger partial charge >= 0.3 is 0 Å². The van der Waals surface area contributed by atoms with E-state index in [-0.39, 0.29) is 6.04 Å². The number of aromatic nitrogens is 4. The summed E-state index contributed by atoms with van der Waals surface area (Å²) < 4.78 is 1.93. The zero-order valence-electron chi connectivity index (χ0n) is 11.6. The topological polar surface area (TPSA) is 55.6 Å². The van der Waals surface area contributed by atoms with E-state index >= 15 is 0 Å². The molecule has 1 N–H and O–H groups in total. The first-order valence-electron chi connectivity index (χ1n) is 6.68. The number of aryl methyl sites for hydroxylation is 1. The van der Waals surface area contributed by atoms with Gasteiger partial charge in [-0.2, -0.15) is 5.10 Å². The van der Waals surface area contributed by atoms with Crippen molar-refractivity contribution in [2.75, 3.05) is 5.32 Å². The fourth-order valence-corrected chi connectivity index (χ4v) is 2.17. The van der Waals surface area contributed by atoms with Crippen molar-refractivity contribution in [1.29, 1.82) is 0 Å². The van der Waals surface area contributed by atoms with Crippen LogP contribution in [-0.4, -0.2) is 25.8 Å². The molecule has 1 atom stereocenters. The third kappa shape index (κ3) is 2.77. The predicted molar refractivity (Wildman–Crippen MR) is 79.6 cm³/mol. The molecule has 3 rings (SSSR count). The van der Waals surface area contributed by atoms with Crippen LogP contribution in [-0.2, 0) is 6.54 Å². The van der Waals surface area contributed by atoms with E-state index in [0.29, 0.717) is 0 Å². The van der Waals surface area contributed by atoms with E-state index in [2.05, 4.69) is 27.3 Å². The zero-order valence-corrected chi connectivity index (χ0v) is 11.6. The van der Waals surface area contributed by atoms with E-state index in [9.17, 15) is 0 Å². The highest BCUT2D eigenvalue weighted by molar-refractivity contribution is 5.75. The van der Waals surface area contributed by atoms with Crippen molar-refractivity contribution < 1.29 is 0 Å². The number of rotatable bonds is 4. The Bertz CT molecular complexity index is 719. The molecule has 0 amide bonds. The van der Waals surface area contributed by atoms with Gasteiger partial charge < -0.3 is 5.32 Å². The van der Waals surface area contributed by atoms with E-state index in [4.69, 9.17) is 0 Å². The number of nitrogens with zero attached hydrogens (tertiary/aromatic N) is 4. The second-order valence-electron chi connectivity index (χ2n) is 5.03. The lowest BCUT2D eigenvalue weighted by atomic mass is 10.3. The summed E-state index contributed by atoms with van der Waals surface area (Å²) in [5.41, 5.74) is 2.98.